The van der Waals surface area contributed by atoms with Gasteiger partial charge in [-0.2, -0.15) is 0 Å². The second kappa shape index (κ2) is 7.18. The summed E-state index contributed by atoms with van der Waals surface area (Å²) in [6.07, 6.45) is -2.37. The molecule has 0 radical (unpaired) electrons. The van der Waals surface area contributed by atoms with E-state index in [4.69, 9.17) is 5.70 Å². The maximum atomic E-state index is 11.3. The number of Topliss-reactive ketones (excluding diaryl/α,β-unsaturated/α-hetero) is 1. The molecule has 7 heteroatoms. The van der Waals surface area contributed by atoms with Gasteiger partial charge in [0.1, 0.15) is 0 Å². The van der Waals surface area contributed by atoms with Crippen molar-refractivity contribution in [2.75, 3.05) is 0 Å². The number of ketones is 1. The Labute approximate surface area is 104 Å². The third-order valence-electron chi connectivity index (χ3n) is 1.73. The molecule has 0 amide bonds. The van der Waals surface area contributed by atoms with Crippen LogP contribution in [0.1, 0.15) is 19.8 Å². The average molecular weight is 349 g/mol. The van der Waals surface area contributed by atoms with E-state index < -0.39 is 51.2 Å². The van der Waals surface area contributed by atoms with Crippen molar-refractivity contribution in [3.63, 3.8) is 0 Å². The average Bonchev–Trinajstić information content (AvgIpc) is 2.16. The van der Waals surface area contributed by atoms with Crippen LogP contribution >= 0.6 is 8.93 Å². The zero-order valence-electron chi connectivity index (χ0n) is 8.97. The zero-order chi connectivity index (χ0) is 12.7. The molecule has 0 aliphatic carbocycles. The molecule has 0 spiro atoms. The van der Waals surface area contributed by atoms with Crippen LogP contribution < -0.4 is 21.0 Å². The van der Waals surface area contributed by atoms with Crippen LogP contribution in [-0.4, -0.2) is 33.8 Å². The summed E-state index contributed by atoms with van der Waals surface area (Å²) in [7, 11) is 0.895. The van der Waals surface area contributed by atoms with E-state index >= 15 is 0 Å². The summed E-state index contributed by atoms with van der Waals surface area (Å²) in [4.78, 5) is 32.8. The second-order valence-electron chi connectivity index (χ2n) is 3.08. The zero-order valence-corrected chi connectivity index (χ0v) is 10.9. The van der Waals surface area contributed by atoms with Crippen LogP contribution in [0.4, 0.5) is 0 Å². The van der Waals surface area contributed by atoms with E-state index in [0.29, 0.717) is 0 Å². The van der Waals surface area contributed by atoms with Gasteiger partial charge in [-0.3, -0.25) is 0 Å². The van der Waals surface area contributed by atoms with Crippen LogP contribution in [-0.2, 0) is 14.4 Å². The van der Waals surface area contributed by atoms with Gasteiger partial charge in [-0.05, 0) is 0 Å². The molecule has 2 N–H and O–H groups in total. The number of aliphatic hydroxyl groups is 1. The van der Waals surface area contributed by atoms with Crippen LogP contribution in [0.5, 0.6) is 0 Å². The molecule has 0 saturated carbocycles. The molecule has 0 bridgehead atoms. The topological polar surface area (TPSA) is 91.7 Å². The van der Waals surface area contributed by atoms with Gasteiger partial charge in [0.05, 0.1) is 0 Å². The molecule has 2 atom stereocenters. The predicted molar refractivity (Wildman–Crippen MR) is 51.0 cm³/mol. The van der Waals surface area contributed by atoms with Crippen LogP contribution in [0.3, 0.4) is 0 Å². The van der Waals surface area contributed by atoms with Crippen molar-refractivity contribution in [3.05, 3.63) is 0 Å². The molecule has 15 heavy (non-hydrogen) atoms. The standard InChI is InChI=1S/C8H12IO5S/c1-4(8(14)15-9)2-5(10)6(11)3-7(12)13/h4,6,9,11H,2-3H2,1H3,(H,12,13)/q-1/t4-,6+/m1/s1/i9T. The number of rotatable bonds is 7. The van der Waals surface area contributed by atoms with Crippen molar-refractivity contribution >= 4 is 25.8 Å². The molecule has 0 aromatic heterocycles. The quantitative estimate of drug-likeness (QED) is 0.473. The monoisotopic (exact) mass is 349 g/mol. The van der Waals surface area contributed by atoms with E-state index in [-0.39, 0.29) is 11.5 Å². The molecular weight excluding hydrogens is 335 g/mol. The number of carboxylic acid groups (broad SMARTS) is 1. The Morgan fingerprint density at radius 3 is 2.53 bits per heavy atom. The van der Waals surface area contributed by atoms with Crippen molar-refractivity contribution in [2.24, 2.45) is 5.92 Å². The van der Waals surface area contributed by atoms with Crippen LogP contribution in [0.2, 0.25) is 0 Å². The van der Waals surface area contributed by atoms with Gasteiger partial charge < -0.3 is 0 Å². The first kappa shape index (κ1) is 12.9. The van der Waals surface area contributed by atoms with Crippen molar-refractivity contribution < 1.29 is 45.6 Å². The number of carboxylic acids is 1. The third-order valence-corrected chi connectivity index (χ3v) is 3.58. The summed E-state index contributed by atoms with van der Waals surface area (Å²) >= 11 is -0.973. The van der Waals surface area contributed by atoms with Crippen LogP contribution in [0.25, 0.3) is 0 Å². The van der Waals surface area contributed by atoms with Gasteiger partial charge in [0, 0.05) is 0 Å². The molecule has 0 fully saturated rings. The summed E-state index contributed by atoms with van der Waals surface area (Å²) in [5.41, 5.74) is 0. The number of carbonyl (C=O) groups excluding carboxylic acids is 2. The van der Waals surface area contributed by atoms with Crippen LogP contribution in [0.15, 0.2) is 0 Å². The molecule has 0 saturated heterocycles. The Morgan fingerprint density at radius 2 is 2.07 bits per heavy atom. The fraction of sp³-hybridized carbons (Fsp3) is 0.625. The summed E-state index contributed by atoms with van der Waals surface area (Å²) in [5.74, 6) is -2.48. The number of halogens is 1. The molecule has 0 rings (SSSR count). The molecule has 0 aliphatic rings. The fourth-order valence-corrected chi connectivity index (χ4v) is 2.41. The fourth-order valence-electron chi connectivity index (χ4n) is 0.876. The van der Waals surface area contributed by atoms with Crippen molar-refractivity contribution in [2.45, 2.75) is 25.9 Å². The molecule has 0 aromatic rings. The number of carbonyl (C=O) groups is 3. The summed E-state index contributed by atoms with van der Waals surface area (Å²) < 4.78 is 6.93. The van der Waals surface area contributed by atoms with Gasteiger partial charge >= 0.3 is 104 Å². The molecule has 0 unspecified atom stereocenters. The first-order valence-corrected chi connectivity index (χ1v) is 7.49. The van der Waals surface area contributed by atoms with Crippen molar-refractivity contribution in [1.82, 2.24) is 0 Å². The van der Waals surface area contributed by atoms with Gasteiger partial charge in [-0.1, -0.05) is 0 Å². The summed E-state index contributed by atoms with van der Waals surface area (Å²) in [6.45, 7) is 1.53. The summed E-state index contributed by atoms with van der Waals surface area (Å²) in [5, 5.41) is 17.3. The minimum absolute atomic E-state index is 0.177. The Balaban J connectivity index is 4.12. The van der Waals surface area contributed by atoms with E-state index in [2.05, 4.69) is 0 Å². The number of aliphatic hydroxyl groups excluding tert-OH is 1. The molecule has 0 aromatic carbocycles. The third kappa shape index (κ3) is 6.10. The van der Waals surface area contributed by atoms with E-state index in [1.165, 1.54) is 6.92 Å². The van der Waals surface area contributed by atoms with Gasteiger partial charge in [0.25, 0.3) is 0 Å². The van der Waals surface area contributed by atoms with Crippen molar-refractivity contribution in [1.29, 1.82) is 0.594 Å². The van der Waals surface area contributed by atoms with Gasteiger partial charge in [-0.25, -0.2) is 0 Å². The predicted octanol–water partition coefficient (Wildman–Crippen LogP) is -3.12. The maximum absolute atomic E-state index is 11.3. The number of hydrogen-bond acceptors (Lipinski definition) is 5. The molecule has 5 nitrogen and oxygen atoms in total. The van der Waals surface area contributed by atoms with E-state index in [1.807, 2.05) is 0 Å². The van der Waals surface area contributed by atoms with Gasteiger partial charge in [0.2, 0.25) is 0 Å². The molecule has 0 aliphatic heterocycles. The van der Waals surface area contributed by atoms with Crippen LogP contribution in [0, 0.1) is 5.92 Å². The van der Waals surface area contributed by atoms with Gasteiger partial charge in [0.15, 0.2) is 0 Å². The molecular formula is C8H12IO5S-. The number of aliphatic carboxylic acids is 1. The Bertz CT molecular complexity index is 286. The first-order chi connectivity index (χ1) is 7.38. The minimum atomic E-state index is -1.55. The second-order valence-corrected chi connectivity index (χ2v) is 4.96. The molecule has 88 valence electrons. The van der Waals surface area contributed by atoms with Crippen molar-refractivity contribution in [3.8, 4) is 0 Å². The Morgan fingerprint density at radius 1 is 1.47 bits per heavy atom. The van der Waals surface area contributed by atoms with E-state index in [0.717, 1.165) is 8.93 Å². The molecule has 0 heterocycles. The first-order valence-electron chi connectivity index (χ1n) is 4.51. The van der Waals surface area contributed by atoms with E-state index in [1.54, 1.807) is 0 Å². The Kier molecular flexibility index (Phi) is 6.18. The summed E-state index contributed by atoms with van der Waals surface area (Å²) in [6, 6.07) is 0. The normalized spacial score (nSPS) is 15.5. The number of hydrogen-bond donors (Lipinski definition) is 2. The SMILES string of the molecule is [3H][I-]SC(=O)[C@H](C)CC(=O)[C@@H](O)CC(=O)O. The Hall–Kier alpha value is -0.150. The van der Waals surface area contributed by atoms with Gasteiger partial charge in [-0.15, -0.1) is 0 Å². The van der Waals surface area contributed by atoms with E-state index in [9.17, 15) is 19.5 Å².